The molecule has 0 fully saturated rings. The molecule has 0 unspecified atom stereocenters. The van der Waals surface area contributed by atoms with Gasteiger partial charge in [0.1, 0.15) is 17.7 Å². The van der Waals surface area contributed by atoms with E-state index in [2.05, 4.69) is 22.4 Å². The smallest absolute Gasteiger partial charge is 0.426 e. The molecule has 0 aliphatic carbocycles. The molecule has 0 saturated carbocycles. The zero-order valence-corrected chi connectivity index (χ0v) is 9.65. The van der Waals surface area contributed by atoms with Gasteiger partial charge in [-0.3, -0.25) is 9.99 Å². The Morgan fingerprint density at radius 1 is 1.44 bits per heavy atom. The lowest BCUT2D eigenvalue weighted by atomic mass is 10.2. The molecule has 1 aromatic heterocycles. The summed E-state index contributed by atoms with van der Waals surface area (Å²) in [6.45, 7) is 9.07. The number of amides is 1. The average molecular weight is 224 g/mol. The topological polar surface area (TPSA) is 68.2 Å². The number of hydrogen-bond acceptors (Lipinski definition) is 4. The van der Waals surface area contributed by atoms with Gasteiger partial charge >= 0.3 is 6.09 Å². The average Bonchev–Trinajstić information content (AvgIpc) is 2.64. The number of ether oxygens (including phenoxy) is 1. The predicted octanol–water partition coefficient (Wildman–Crippen LogP) is 1.34. The van der Waals surface area contributed by atoms with Crippen LogP contribution in [0.15, 0.2) is 25.3 Å². The van der Waals surface area contributed by atoms with Gasteiger partial charge in [0, 0.05) is 12.4 Å². The van der Waals surface area contributed by atoms with E-state index in [4.69, 9.17) is 4.74 Å². The molecule has 1 aromatic rings. The van der Waals surface area contributed by atoms with Crippen LogP contribution in [0.1, 0.15) is 20.8 Å². The van der Waals surface area contributed by atoms with E-state index < -0.39 is 11.7 Å². The van der Waals surface area contributed by atoms with Crippen molar-refractivity contribution >= 4 is 11.9 Å². The van der Waals surface area contributed by atoms with Crippen molar-refractivity contribution in [3.8, 4) is 0 Å². The molecular weight excluding hydrogens is 208 g/mol. The van der Waals surface area contributed by atoms with Crippen molar-refractivity contribution in [3.05, 3.63) is 25.3 Å². The molecule has 0 spiro atoms. The Balaban J connectivity index is 2.35. The predicted molar refractivity (Wildman–Crippen MR) is 60.1 cm³/mol. The van der Waals surface area contributed by atoms with Crippen LogP contribution in [0, 0.1) is 0 Å². The number of carbonyl (C=O) groups excluding carboxylic acids is 1. The van der Waals surface area contributed by atoms with E-state index in [1.165, 1.54) is 0 Å². The lowest BCUT2D eigenvalue weighted by molar-refractivity contribution is 0.0510. The van der Waals surface area contributed by atoms with Crippen molar-refractivity contribution in [2.24, 2.45) is 0 Å². The highest BCUT2D eigenvalue weighted by atomic mass is 16.6. The quantitative estimate of drug-likeness (QED) is 0.760. The molecular formula is C10H16N4O2. The Morgan fingerprint density at radius 3 is 2.62 bits per heavy atom. The number of nitrogens with zero attached hydrogens (tertiary/aromatic N) is 2. The van der Waals surface area contributed by atoms with Gasteiger partial charge in [-0.15, -0.1) is 0 Å². The fraction of sp³-hybridized carbons (Fsp3) is 0.400. The number of rotatable bonds is 3. The Kier molecular flexibility index (Phi) is 3.55. The van der Waals surface area contributed by atoms with Gasteiger partial charge in [0.05, 0.1) is 0 Å². The van der Waals surface area contributed by atoms with Crippen LogP contribution >= 0.6 is 0 Å². The van der Waals surface area contributed by atoms with Gasteiger partial charge in [-0.05, 0) is 20.8 Å². The Morgan fingerprint density at radius 2 is 2.12 bits per heavy atom. The molecule has 16 heavy (non-hydrogen) atoms. The van der Waals surface area contributed by atoms with Gasteiger partial charge in [-0.2, -0.15) is 0 Å². The SMILES string of the molecule is C=C(NNC(=O)OC(C)(C)C)n1ccnc1. The summed E-state index contributed by atoms with van der Waals surface area (Å²) >= 11 is 0. The van der Waals surface area contributed by atoms with Crippen LogP contribution in [0.5, 0.6) is 0 Å². The van der Waals surface area contributed by atoms with Gasteiger partial charge in [0.25, 0.3) is 0 Å². The first-order valence-corrected chi connectivity index (χ1v) is 4.81. The summed E-state index contributed by atoms with van der Waals surface area (Å²) in [5.74, 6) is 0.475. The highest BCUT2D eigenvalue weighted by Crippen LogP contribution is 2.06. The van der Waals surface area contributed by atoms with Crippen molar-refractivity contribution in [2.75, 3.05) is 0 Å². The van der Waals surface area contributed by atoms with Crippen LogP contribution in [0.3, 0.4) is 0 Å². The van der Waals surface area contributed by atoms with E-state index >= 15 is 0 Å². The van der Waals surface area contributed by atoms with Gasteiger partial charge in [-0.1, -0.05) is 6.58 Å². The van der Waals surface area contributed by atoms with E-state index in [1.54, 1.807) is 44.1 Å². The third-order valence-electron chi connectivity index (χ3n) is 1.52. The molecule has 88 valence electrons. The Bertz CT molecular complexity index is 365. The largest absolute Gasteiger partial charge is 0.443 e. The first-order valence-electron chi connectivity index (χ1n) is 4.81. The Hall–Kier alpha value is -1.98. The number of carbonyl (C=O) groups is 1. The molecule has 1 heterocycles. The fourth-order valence-corrected chi connectivity index (χ4v) is 0.910. The summed E-state index contributed by atoms with van der Waals surface area (Å²) in [6, 6.07) is 0. The number of nitrogens with one attached hydrogen (secondary N) is 2. The monoisotopic (exact) mass is 224 g/mol. The molecule has 0 bridgehead atoms. The molecule has 6 nitrogen and oxygen atoms in total. The summed E-state index contributed by atoms with van der Waals surface area (Å²) in [5, 5.41) is 0. The van der Waals surface area contributed by atoms with E-state index in [1.807, 2.05) is 0 Å². The summed E-state index contributed by atoms with van der Waals surface area (Å²) in [5.41, 5.74) is 4.45. The third kappa shape index (κ3) is 4.04. The van der Waals surface area contributed by atoms with Crippen molar-refractivity contribution in [3.63, 3.8) is 0 Å². The second-order valence-corrected chi connectivity index (χ2v) is 4.17. The lowest BCUT2D eigenvalue weighted by Crippen LogP contribution is -2.40. The van der Waals surface area contributed by atoms with Crippen molar-refractivity contribution < 1.29 is 9.53 Å². The fourth-order valence-electron chi connectivity index (χ4n) is 0.910. The standard InChI is InChI=1S/C10H16N4O2/c1-8(14-6-5-11-7-14)12-13-9(15)16-10(2,3)4/h5-7,12H,1H2,2-4H3,(H,13,15). The van der Waals surface area contributed by atoms with Crippen molar-refractivity contribution in [1.29, 1.82) is 0 Å². The number of imidazole rings is 1. The molecule has 0 radical (unpaired) electrons. The zero-order valence-electron chi connectivity index (χ0n) is 9.65. The summed E-state index contributed by atoms with van der Waals surface area (Å²) in [6.07, 6.45) is 4.31. The van der Waals surface area contributed by atoms with Gasteiger partial charge in [-0.25, -0.2) is 15.2 Å². The minimum atomic E-state index is -0.561. The van der Waals surface area contributed by atoms with Gasteiger partial charge in [0.2, 0.25) is 0 Å². The maximum atomic E-state index is 11.3. The second kappa shape index (κ2) is 4.69. The normalized spacial score (nSPS) is 10.7. The van der Waals surface area contributed by atoms with Crippen LogP contribution in [0.4, 0.5) is 4.79 Å². The molecule has 1 amide bonds. The van der Waals surface area contributed by atoms with Crippen LogP contribution in [0.25, 0.3) is 5.82 Å². The van der Waals surface area contributed by atoms with Crippen LogP contribution < -0.4 is 10.9 Å². The molecule has 0 aliphatic rings. The minimum Gasteiger partial charge on any atom is -0.443 e. The van der Waals surface area contributed by atoms with E-state index in [0.29, 0.717) is 5.82 Å². The van der Waals surface area contributed by atoms with Crippen LogP contribution in [-0.2, 0) is 4.74 Å². The van der Waals surface area contributed by atoms with Crippen molar-refractivity contribution in [2.45, 2.75) is 26.4 Å². The molecule has 0 saturated heterocycles. The highest BCUT2D eigenvalue weighted by molar-refractivity contribution is 5.68. The van der Waals surface area contributed by atoms with Gasteiger partial charge < -0.3 is 4.74 Å². The van der Waals surface area contributed by atoms with E-state index in [9.17, 15) is 4.79 Å². The molecule has 1 rings (SSSR count). The Labute approximate surface area is 94.3 Å². The maximum absolute atomic E-state index is 11.3. The molecule has 0 aromatic carbocycles. The molecule has 2 N–H and O–H groups in total. The first-order chi connectivity index (χ1) is 7.38. The number of hydrogen-bond donors (Lipinski definition) is 2. The molecule has 0 aliphatic heterocycles. The molecule has 0 atom stereocenters. The van der Waals surface area contributed by atoms with E-state index in [0.717, 1.165) is 0 Å². The van der Waals surface area contributed by atoms with Crippen LogP contribution in [-0.4, -0.2) is 21.2 Å². The first kappa shape index (κ1) is 12.1. The summed E-state index contributed by atoms with van der Waals surface area (Å²) in [4.78, 5) is 15.1. The highest BCUT2D eigenvalue weighted by Gasteiger charge is 2.15. The number of aromatic nitrogens is 2. The van der Waals surface area contributed by atoms with Crippen molar-refractivity contribution in [1.82, 2.24) is 20.4 Å². The van der Waals surface area contributed by atoms with Gasteiger partial charge in [0.15, 0.2) is 0 Å². The second-order valence-electron chi connectivity index (χ2n) is 4.17. The molecule has 6 heteroatoms. The summed E-state index contributed by atoms with van der Waals surface area (Å²) in [7, 11) is 0. The zero-order chi connectivity index (χ0) is 12.2. The maximum Gasteiger partial charge on any atom is 0.426 e. The van der Waals surface area contributed by atoms with E-state index in [-0.39, 0.29) is 0 Å². The minimum absolute atomic E-state index is 0.475. The third-order valence-corrected chi connectivity index (χ3v) is 1.52. The number of hydrazine groups is 1. The van der Waals surface area contributed by atoms with Crippen LogP contribution in [0.2, 0.25) is 0 Å². The lowest BCUT2D eigenvalue weighted by Gasteiger charge is -2.20. The summed E-state index contributed by atoms with van der Waals surface area (Å²) < 4.78 is 6.65.